The predicted molar refractivity (Wildman–Crippen MR) is 94.2 cm³/mol. The lowest BCUT2D eigenvalue weighted by molar-refractivity contribution is -0.121. The van der Waals surface area contributed by atoms with Gasteiger partial charge in [0.05, 0.1) is 30.6 Å². The van der Waals surface area contributed by atoms with Gasteiger partial charge in [0.2, 0.25) is 5.91 Å². The topological polar surface area (TPSA) is 77.8 Å². The number of aryl methyl sites for hydroxylation is 2. The van der Waals surface area contributed by atoms with Crippen LogP contribution >= 0.6 is 0 Å². The van der Waals surface area contributed by atoms with Crippen molar-refractivity contribution in [1.82, 2.24) is 5.32 Å². The van der Waals surface area contributed by atoms with Crippen molar-refractivity contribution in [2.24, 2.45) is 0 Å². The van der Waals surface area contributed by atoms with Crippen LogP contribution in [-0.4, -0.2) is 32.3 Å². The Morgan fingerprint density at radius 1 is 1.36 bits per heavy atom. The summed E-state index contributed by atoms with van der Waals surface area (Å²) in [4.78, 5) is 24.6. The molecule has 0 aliphatic carbocycles. The fourth-order valence-electron chi connectivity index (χ4n) is 3.26. The van der Waals surface area contributed by atoms with Crippen LogP contribution in [0.3, 0.4) is 0 Å². The molecule has 1 aliphatic rings. The molecule has 1 fully saturated rings. The van der Waals surface area contributed by atoms with Crippen LogP contribution in [0.1, 0.15) is 29.5 Å². The summed E-state index contributed by atoms with van der Waals surface area (Å²) in [6.45, 7) is 4.94. The number of nitrogens with one attached hydrogen (secondary N) is 1. The molecule has 2 aromatic rings. The van der Waals surface area contributed by atoms with Crippen LogP contribution in [0.15, 0.2) is 21.3 Å². The Morgan fingerprint density at radius 2 is 2.16 bits per heavy atom. The van der Waals surface area contributed by atoms with Gasteiger partial charge < -0.3 is 19.2 Å². The van der Waals surface area contributed by atoms with Gasteiger partial charge in [0.15, 0.2) is 0 Å². The van der Waals surface area contributed by atoms with Crippen LogP contribution in [0.5, 0.6) is 5.75 Å². The van der Waals surface area contributed by atoms with Crippen molar-refractivity contribution in [3.8, 4) is 5.75 Å². The highest BCUT2D eigenvalue weighted by atomic mass is 16.5. The van der Waals surface area contributed by atoms with Crippen molar-refractivity contribution < 1.29 is 18.7 Å². The fourth-order valence-corrected chi connectivity index (χ4v) is 3.26. The third-order valence-electron chi connectivity index (χ3n) is 4.60. The molecule has 6 nitrogen and oxygen atoms in total. The zero-order valence-corrected chi connectivity index (χ0v) is 14.8. The number of fused-ring (bicyclic) bond motifs is 1. The number of ether oxygens (including phenoxy) is 2. The fraction of sp³-hybridized carbons (Fsp3) is 0.474. The van der Waals surface area contributed by atoms with Gasteiger partial charge in [0, 0.05) is 13.2 Å². The summed E-state index contributed by atoms with van der Waals surface area (Å²) >= 11 is 0. The monoisotopic (exact) mass is 345 g/mol. The first-order chi connectivity index (χ1) is 12.0. The van der Waals surface area contributed by atoms with E-state index in [1.54, 1.807) is 13.2 Å². The molecule has 25 heavy (non-hydrogen) atoms. The molecule has 1 N–H and O–H groups in total. The van der Waals surface area contributed by atoms with E-state index in [9.17, 15) is 9.59 Å². The molecule has 2 heterocycles. The van der Waals surface area contributed by atoms with Crippen molar-refractivity contribution in [3.05, 3.63) is 39.2 Å². The average Bonchev–Trinajstić information content (AvgIpc) is 3.09. The van der Waals surface area contributed by atoms with E-state index in [2.05, 4.69) is 5.32 Å². The Kier molecular flexibility index (Phi) is 5.08. The highest BCUT2D eigenvalue weighted by Crippen LogP contribution is 2.30. The van der Waals surface area contributed by atoms with E-state index in [4.69, 9.17) is 13.9 Å². The molecule has 1 saturated heterocycles. The summed E-state index contributed by atoms with van der Waals surface area (Å²) in [7, 11) is 1.58. The average molecular weight is 345 g/mol. The Balaban J connectivity index is 1.86. The van der Waals surface area contributed by atoms with Crippen LogP contribution in [0, 0.1) is 13.8 Å². The SMILES string of the molecule is COc1cc(C)cc2oc(=O)c(CC(=O)NCC3CCCO3)c(C)c12. The molecule has 1 atom stereocenters. The second kappa shape index (κ2) is 7.27. The molecule has 0 spiro atoms. The molecular formula is C19H23NO5. The molecule has 134 valence electrons. The first-order valence-corrected chi connectivity index (χ1v) is 8.49. The maximum atomic E-state index is 12.3. The minimum Gasteiger partial charge on any atom is -0.496 e. The number of hydrogen-bond donors (Lipinski definition) is 1. The van der Waals surface area contributed by atoms with E-state index >= 15 is 0 Å². The van der Waals surface area contributed by atoms with Gasteiger partial charge in [0.25, 0.3) is 0 Å². The molecule has 1 aromatic carbocycles. The number of methoxy groups -OCH3 is 1. The quantitative estimate of drug-likeness (QED) is 0.841. The standard InChI is InChI=1S/C19H23NO5/c1-11-7-15(23-3)18-12(2)14(19(22)25-16(18)8-11)9-17(21)20-10-13-5-4-6-24-13/h7-8,13H,4-6,9-10H2,1-3H3,(H,20,21). The zero-order valence-electron chi connectivity index (χ0n) is 14.8. The van der Waals surface area contributed by atoms with Gasteiger partial charge in [-0.2, -0.15) is 0 Å². The van der Waals surface area contributed by atoms with Crippen molar-refractivity contribution in [2.75, 3.05) is 20.3 Å². The van der Waals surface area contributed by atoms with Gasteiger partial charge in [-0.05, 0) is 49.9 Å². The van der Waals surface area contributed by atoms with Crippen molar-refractivity contribution >= 4 is 16.9 Å². The predicted octanol–water partition coefficient (Wildman–Crippen LogP) is 2.26. The zero-order chi connectivity index (χ0) is 18.0. The van der Waals surface area contributed by atoms with Crippen LogP contribution in [0.25, 0.3) is 11.0 Å². The third-order valence-corrected chi connectivity index (χ3v) is 4.60. The molecule has 0 radical (unpaired) electrons. The lowest BCUT2D eigenvalue weighted by atomic mass is 10.0. The Morgan fingerprint density at radius 3 is 2.84 bits per heavy atom. The summed E-state index contributed by atoms with van der Waals surface area (Å²) in [5, 5.41) is 3.57. The number of carbonyl (C=O) groups is 1. The summed E-state index contributed by atoms with van der Waals surface area (Å²) < 4.78 is 16.3. The molecule has 3 rings (SSSR count). The smallest absolute Gasteiger partial charge is 0.340 e. The molecule has 1 aliphatic heterocycles. The summed E-state index contributed by atoms with van der Waals surface area (Å²) in [5.41, 5.74) is 2.01. The van der Waals surface area contributed by atoms with Gasteiger partial charge in [-0.3, -0.25) is 4.79 Å². The highest BCUT2D eigenvalue weighted by molar-refractivity contribution is 5.89. The van der Waals surface area contributed by atoms with Gasteiger partial charge in [-0.25, -0.2) is 4.79 Å². The van der Waals surface area contributed by atoms with Crippen molar-refractivity contribution in [1.29, 1.82) is 0 Å². The summed E-state index contributed by atoms with van der Waals surface area (Å²) in [6.07, 6.45) is 2.02. The lowest BCUT2D eigenvalue weighted by Crippen LogP contribution is -2.34. The van der Waals surface area contributed by atoms with Crippen LogP contribution in [0.4, 0.5) is 0 Å². The number of hydrogen-bond acceptors (Lipinski definition) is 5. The van der Waals surface area contributed by atoms with Gasteiger partial charge in [-0.15, -0.1) is 0 Å². The minimum absolute atomic E-state index is 0.0200. The normalized spacial score (nSPS) is 17.0. The Labute approximate surface area is 146 Å². The van der Waals surface area contributed by atoms with Crippen molar-refractivity contribution in [3.63, 3.8) is 0 Å². The van der Waals surface area contributed by atoms with Crippen LogP contribution in [-0.2, 0) is 16.0 Å². The van der Waals surface area contributed by atoms with Gasteiger partial charge in [0.1, 0.15) is 11.3 Å². The maximum absolute atomic E-state index is 12.3. The molecule has 1 aromatic heterocycles. The molecule has 0 bridgehead atoms. The third kappa shape index (κ3) is 3.69. The number of benzene rings is 1. The van der Waals surface area contributed by atoms with Gasteiger partial charge in [-0.1, -0.05) is 0 Å². The summed E-state index contributed by atoms with van der Waals surface area (Å²) in [6, 6.07) is 3.68. The van der Waals surface area contributed by atoms with E-state index < -0.39 is 5.63 Å². The van der Waals surface area contributed by atoms with E-state index in [0.29, 0.717) is 23.4 Å². The second-order valence-corrected chi connectivity index (χ2v) is 6.45. The largest absolute Gasteiger partial charge is 0.496 e. The summed E-state index contributed by atoms with van der Waals surface area (Å²) in [5.74, 6) is 0.425. The molecule has 0 saturated carbocycles. The Hall–Kier alpha value is -2.34. The molecule has 6 heteroatoms. The first-order valence-electron chi connectivity index (χ1n) is 8.49. The number of carbonyl (C=O) groups excluding carboxylic acids is 1. The lowest BCUT2D eigenvalue weighted by Gasteiger charge is -2.13. The van der Waals surface area contributed by atoms with E-state index in [-0.39, 0.29) is 18.4 Å². The number of amides is 1. The van der Waals surface area contributed by atoms with E-state index in [1.807, 2.05) is 19.9 Å². The maximum Gasteiger partial charge on any atom is 0.340 e. The number of rotatable bonds is 5. The first kappa shape index (κ1) is 17.5. The van der Waals surface area contributed by atoms with Crippen LogP contribution in [0.2, 0.25) is 0 Å². The van der Waals surface area contributed by atoms with Crippen molar-refractivity contribution in [2.45, 2.75) is 39.2 Å². The molecule has 1 unspecified atom stereocenters. The van der Waals surface area contributed by atoms with Gasteiger partial charge >= 0.3 is 5.63 Å². The van der Waals surface area contributed by atoms with E-state index in [1.165, 1.54) is 0 Å². The molecule has 1 amide bonds. The second-order valence-electron chi connectivity index (χ2n) is 6.45. The van der Waals surface area contributed by atoms with E-state index in [0.717, 1.165) is 36.0 Å². The minimum atomic E-state index is -0.482. The molecular weight excluding hydrogens is 322 g/mol. The Bertz CT molecular complexity index is 849. The highest BCUT2D eigenvalue weighted by Gasteiger charge is 2.20. The van der Waals surface area contributed by atoms with Crippen LogP contribution < -0.4 is 15.7 Å².